The number of aryl methyl sites for hydroxylation is 4. The lowest BCUT2D eigenvalue weighted by molar-refractivity contribution is 0.281. The van der Waals surface area contributed by atoms with E-state index >= 15 is 0 Å². The van der Waals surface area contributed by atoms with E-state index in [1.807, 2.05) is 6.07 Å². The highest BCUT2D eigenvalue weighted by Crippen LogP contribution is 2.23. The minimum atomic E-state index is 0.174. The molecule has 0 bridgehead atoms. The van der Waals surface area contributed by atoms with Crippen molar-refractivity contribution in [3.63, 3.8) is 0 Å². The van der Waals surface area contributed by atoms with Crippen molar-refractivity contribution in [2.24, 2.45) is 0 Å². The van der Waals surface area contributed by atoms with Crippen LogP contribution < -0.4 is 0 Å². The molecule has 4 rings (SSSR count). The van der Waals surface area contributed by atoms with Crippen molar-refractivity contribution in [2.75, 3.05) is 0 Å². The van der Waals surface area contributed by atoms with E-state index in [0.717, 1.165) is 5.56 Å². The van der Waals surface area contributed by atoms with Gasteiger partial charge in [0, 0.05) is 5.88 Å². The highest BCUT2D eigenvalue weighted by molar-refractivity contribution is 6.17. The Labute approximate surface area is 150 Å². The quantitative estimate of drug-likeness (QED) is 0.728. The lowest BCUT2D eigenvalue weighted by atomic mass is 9.90. The summed E-state index contributed by atoms with van der Waals surface area (Å²) in [6, 6.07) is 13.0. The predicted octanol–water partition coefficient (Wildman–Crippen LogP) is 5.36. The van der Waals surface area contributed by atoms with E-state index in [0.29, 0.717) is 5.88 Å². The summed E-state index contributed by atoms with van der Waals surface area (Å²) in [6.07, 6.45) is 10.3. The molecule has 0 saturated carbocycles. The summed E-state index contributed by atoms with van der Waals surface area (Å²) in [4.78, 5) is 0. The molecule has 1 N–H and O–H groups in total. The van der Waals surface area contributed by atoms with E-state index in [9.17, 15) is 0 Å². The van der Waals surface area contributed by atoms with E-state index in [4.69, 9.17) is 16.7 Å². The first-order chi connectivity index (χ1) is 11.8. The van der Waals surface area contributed by atoms with Gasteiger partial charge in [0.1, 0.15) is 0 Å². The van der Waals surface area contributed by atoms with Gasteiger partial charge >= 0.3 is 0 Å². The average Bonchev–Trinajstić information content (AvgIpc) is 2.67. The largest absolute Gasteiger partial charge is 0.392 e. The molecule has 2 aliphatic carbocycles. The van der Waals surface area contributed by atoms with Crippen LogP contribution in [0.3, 0.4) is 0 Å². The van der Waals surface area contributed by atoms with Crippen LogP contribution in [0.1, 0.15) is 59.1 Å². The molecule has 0 aromatic heterocycles. The van der Waals surface area contributed by atoms with Gasteiger partial charge in [-0.25, -0.2) is 0 Å². The number of aliphatic hydroxyl groups excluding tert-OH is 1. The van der Waals surface area contributed by atoms with E-state index in [1.165, 1.54) is 79.2 Å². The minimum absolute atomic E-state index is 0.174. The van der Waals surface area contributed by atoms with Crippen LogP contribution in [0.15, 0.2) is 36.4 Å². The molecule has 2 heteroatoms. The normalized spacial score (nSPS) is 15.8. The zero-order valence-electron chi connectivity index (χ0n) is 14.4. The first-order valence-electron chi connectivity index (χ1n) is 9.18. The number of hydrogen-bond acceptors (Lipinski definition) is 1. The zero-order chi connectivity index (χ0) is 16.8. The van der Waals surface area contributed by atoms with Gasteiger partial charge in [-0.05, 0) is 84.7 Å². The molecule has 1 nitrogen and oxygen atoms in total. The molecule has 0 unspecified atom stereocenters. The third-order valence-electron chi connectivity index (χ3n) is 5.16. The molecule has 0 fully saturated rings. The van der Waals surface area contributed by atoms with Crippen LogP contribution in [-0.4, -0.2) is 5.11 Å². The molecule has 0 amide bonds. The first kappa shape index (κ1) is 17.5. The molecular weight excluding hydrogens is 316 g/mol. The summed E-state index contributed by atoms with van der Waals surface area (Å²) < 4.78 is 0. The Morgan fingerprint density at radius 1 is 0.667 bits per heavy atom. The van der Waals surface area contributed by atoms with E-state index in [2.05, 4.69) is 30.3 Å². The summed E-state index contributed by atoms with van der Waals surface area (Å²) in [5.74, 6) is 0.646. The number of fused-ring (bicyclic) bond motifs is 2. The Balaban J connectivity index is 0.000000141. The number of rotatable bonds is 2. The maximum atomic E-state index is 8.94. The maximum Gasteiger partial charge on any atom is 0.0681 e. The van der Waals surface area contributed by atoms with Crippen LogP contribution in [0.4, 0.5) is 0 Å². The summed E-state index contributed by atoms with van der Waals surface area (Å²) in [7, 11) is 0. The van der Waals surface area contributed by atoms with Crippen LogP contribution in [0.2, 0.25) is 0 Å². The maximum absolute atomic E-state index is 8.94. The standard InChI is InChI=1S/C11H13Cl.C11H14O/c2*12-8-9-5-6-10-3-1-2-4-11(10)7-9/h5-7H,1-4,8H2;5-7,12H,1-4,8H2. The SMILES string of the molecule is ClCc1ccc2c(c1)CCCC2.OCc1ccc2c(c1)CCCC2. The van der Waals surface area contributed by atoms with E-state index < -0.39 is 0 Å². The van der Waals surface area contributed by atoms with Gasteiger partial charge in [-0.1, -0.05) is 36.4 Å². The molecule has 0 atom stereocenters. The Hall–Kier alpha value is -1.31. The van der Waals surface area contributed by atoms with Crippen LogP contribution in [-0.2, 0) is 38.2 Å². The number of aliphatic hydroxyl groups is 1. The first-order valence-corrected chi connectivity index (χ1v) is 9.72. The summed E-state index contributed by atoms with van der Waals surface area (Å²) in [5, 5.41) is 8.94. The summed E-state index contributed by atoms with van der Waals surface area (Å²) in [6.45, 7) is 0.174. The van der Waals surface area contributed by atoms with Gasteiger partial charge in [-0.2, -0.15) is 0 Å². The fourth-order valence-corrected chi connectivity index (χ4v) is 3.92. The molecule has 0 aliphatic heterocycles. The molecule has 0 radical (unpaired) electrons. The lowest BCUT2D eigenvalue weighted by Gasteiger charge is -2.15. The van der Waals surface area contributed by atoms with E-state index in [1.54, 1.807) is 0 Å². The average molecular weight is 343 g/mol. The molecule has 2 aliphatic rings. The van der Waals surface area contributed by atoms with Crippen molar-refractivity contribution < 1.29 is 5.11 Å². The molecule has 0 saturated heterocycles. The summed E-state index contributed by atoms with van der Waals surface area (Å²) >= 11 is 5.77. The fraction of sp³-hybridized carbons (Fsp3) is 0.455. The van der Waals surface area contributed by atoms with Crippen molar-refractivity contribution in [3.05, 3.63) is 69.8 Å². The van der Waals surface area contributed by atoms with Crippen molar-refractivity contribution in [1.82, 2.24) is 0 Å². The number of benzene rings is 2. The number of halogens is 1. The van der Waals surface area contributed by atoms with Crippen molar-refractivity contribution in [2.45, 2.75) is 63.9 Å². The van der Waals surface area contributed by atoms with Gasteiger partial charge in [0.15, 0.2) is 0 Å². The minimum Gasteiger partial charge on any atom is -0.392 e. The van der Waals surface area contributed by atoms with Gasteiger partial charge in [0.25, 0.3) is 0 Å². The molecule has 0 spiro atoms. The van der Waals surface area contributed by atoms with Crippen molar-refractivity contribution >= 4 is 11.6 Å². The van der Waals surface area contributed by atoms with Gasteiger partial charge in [0.2, 0.25) is 0 Å². The van der Waals surface area contributed by atoms with Crippen LogP contribution >= 0.6 is 11.6 Å². The molecular formula is C22H27ClO. The van der Waals surface area contributed by atoms with Crippen LogP contribution in [0.5, 0.6) is 0 Å². The lowest BCUT2D eigenvalue weighted by Crippen LogP contribution is -2.02. The zero-order valence-corrected chi connectivity index (χ0v) is 15.1. The topological polar surface area (TPSA) is 20.2 Å². The van der Waals surface area contributed by atoms with Crippen LogP contribution in [0, 0.1) is 0 Å². The van der Waals surface area contributed by atoms with Gasteiger partial charge in [0.05, 0.1) is 6.61 Å². The van der Waals surface area contributed by atoms with Gasteiger partial charge in [-0.3, -0.25) is 0 Å². The second kappa shape index (κ2) is 8.69. The number of hydrogen-bond donors (Lipinski definition) is 1. The van der Waals surface area contributed by atoms with Crippen molar-refractivity contribution in [3.8, 4) is 0 Å². The Kier molecular flexibility index (Phi) is 6.34. The molecule has 2 aromatic carbocycles. The third-order valence-corrected chi connectivity index (χ3v) is 5.47. The van der Waals surface area contributed by atoms with Gasteiger partial charge < -0.3 is 5.11 Å². The molecule has 24 heavy (non-hydrogen) atoms. The number of alkyl halides is 1. The molecule has 2 aromatic rings. The monoisotopic (exact) mass is 342 g/mol. The third kappa shape index (κ3) is 4.40. The fourth-order valence-electron chi connectivity index (χ4n) is 3.76. The second-order valence-electron chi connectivity index (χ2n) is 6.91. The Morgan fingerprint density at radius 3 is 1.62 bits per heavy atom. The summed E-state index contributed by atoms with van der Waals surface area (Å²) in [5.41, 5.74) is 8.31. The Morgan fingerprint density at radius 2 is 1.12 bits per heavy atom. The smallest absolute Gasteiger partial charge is 0.0681 e. The van der Waals surface area contributed by atoms with Gasteiger partial charge in [-0.15, -0.1) is 11.6 Å². The highest BCUT2D eigenvalue weighted by Gasteiger charge is 2.09. The second-order valence-corrected chi connectivity index (χ2v) is 7.18. The molecule has 0 heterocycles. The molecule has 128 valence electrons. The van der Waals surface area contributed by atoms with E-state index in [-0.39, 0.29) is 6.61 Å². The predicted molar refractivity (Wildman–Crippen MR) is 102 cm³/mol. The highest BCUT2D eigenvalue weighted by atomic mass is 35.5. The van der Waals surface area contributed by atoms with Crippen molar-refractivity contribution in [1.29, 1.82) is 0 Å². The Bertz CT molecular complexity index is 618. The van der Waals surface area contributed by atoms with Crippen LogP contribution in [0.25, 0.3) is 0 Å².